The van der Waals surface area contributed by atoms with E-state index in [-0.39, 0.29) is 10.3 Å². The smallest absolute Gasteiger partial charge is 0.342 e. The Balaban J connectivity index is 2.75. The Morgan fingerprint density at radius 1 is 1.33 bits per heavy atom. The Morgan fingerprint density at radius 2 is 1.94 bits per heavy atom. The Bertz CT molecular complexity index is 713. The van der Waals surface area contributed by atoms with Crippen LogP contribution in [0.15, 0.2) is 35.3 Å². The second-order valence-corrected chi connectivity index (χ2v) is 4.18. The number of carboxylic acid groups (broad SMARTS) is 1. The molecular formula is C12H10N2O3S. The molecular weight excluding hydrogens is 252 g/mol. The van der Waals surface area contributed by atoms with Crippen LogP contribution in [0.4, 0.5) is 0 Å². The van der Waals surface area contributed by atoms with Crippen molar-refractivity contribution in [3.63, 3.8) is 0 Å². The van der Waals surface area contributed by atoms with E-state index in [2.05, 4.69) is 4.98 Å². The fraction of sp³-hybridized carbons (Fsp3) is 0.0833. The summed E-state index contributed by atoms with van der Waals surface area (Å²) in [5, 5.41) is 8.90. The highest BCUT2D eigenvalue weighted by Crippen LogP contribution is 2.07. The number of H-pyrrole nitrogens is 1. The van der Waals surface area contributed by atoms with Crippen LogP contribution in [0.3, 0.4) is 0 Å². The molecule has 0 saturated carbocycles. The second-order valence-electron chi connectivity index (χ2n) is 3.79. The van der Waals surface area contributed by atoms with E-state index in [1.807, 2.05) is 19.1 Å². The molecule has 2 rings (SSSR count). The van der Waals surface area contributed by atoms with Gasteiger partial charge < -0.3 is 10.1 Å². The largest absolute Gasteiger partial charge is 0.477 e. The fourth-order valence-electron chi connectivity index (χ4n) is 1.55. The number of benzene rings is 1. The molecule has 0 fully saturated rings. The third-order valence-corrected chi connectivity index (χ3v) is 2.80. The zero-order chi connectivity index (χ0) is 13.3. The molecule has 1 aromatic carbocycles. The maximum absolute atomic E-state index is 12.0. The fourth-order valence-corrected chi connectivity index (χ4v) is 1.80. The number of carboxylic acids is 1. The highest BCUT2D eigenvalue weighted by atomic mass is 32.1. The summed E-state index contributed by atoms with van der Waals surface area (Å²) in [5.41, 5.74) is 0.588. The Hall–Kier alpha value is -2.21. The van der Waals surface area contributed by atoms with Crippen LogP contribution in [0.2, 0.25) is 0 Å². The average Bonchev–Trinajstić information content (AvgIpc) is 2.31. The third-order valence-electron chi connectivity index (χ3n) is 2.50. The lowest BCUT2D eigenvalue weighted by Crippen LogP contribution is -2.26. The van der Waals surface area contributed by atoms with Crippen LogP contribution in [0.25, 0.3) is 5.69 Å². The summed E-state index contributed by atoms with van der Waals surface area (Å²) in [7, 11) is 0. The molecule has 0 amide bonds. The van der Waals surface area contributed by atoms with Crippen LogP contribution in [0, 0.1) is 11.7 Å². The maximum Gasteiger partial charge on any atom is 0.342 e. The van der Waals surface area contributed by atoms with Gasteiger partial charge >= 0.3 is 5.97 Å². The number of nitrogens with zero attached hydrogens (tertiary/aromatic N) is 1. The number of aryl methyl sites for hydroxylation is 1. The van der Waals surface area contributed by atoms with Crippen LogP contribution < -0.4 is 5.56 Å². The van der Waals surface area contributed by atoms with Crippen molar-refractivity contribution in [2.24, 2.45) is 0 Å². The van der Waals surface area contributed by atoms with Crippen LogP contribution in [0.1, 0.15) is 15.9 Å². The standard InChI is InChI=1S/C12H10N2O3S/c1-7-2-4-8(5-3-7)14-10(15)9(11(16)17)6-13-12(14)18/h2-6H,1H3,(H,13,18)(H,16,17). The minimum Gasteiger partial charge on any atom is -0.477 e. The molecule has 0 spiro atoms. The van der Waals surface area contributed by atoms with E-state index < -0.39 is 11.5 Å². The first-order valence-electron chi connectivity index (χ1n) is 5.16. The first kappa shape index (κ1) is 12.3. The summed E-state index contributed by atoms with van der Waals surface area (Å²) in [4.78, 5) is 25.5. The number of hydrogen-bond acceptors (Lipinski definition) is 3. The summed E-state index contributed by atoms with van der Waals surface area (Å²) >= 11 is 5.02. The second kappa shape index (κ2) is 4.58. The van der Waals surface area contributed by atoms with Gasteiger partial charge in [0.15, 0.2) is 4.77 Å². The zero-order valence-corrected chi connectivity index (χ0v) is 10.3. The molecule has 2 aromatic rings. The van der Waals surface area contributed by atoms with Crippen molar-refractivity contribution in [1.82, 2.24) is 9.55 Å². The number of aromatic carboxylic acids is 1. The lowest BCUT2D eigenvalue weighted by Gasteiger charge is -2.07. The molecule has 0 atom stereocenters. The lowest BCUT2D eigenvalue weighted by atomic mass is 10.2. The number of aromatic nitrogens is 2. The summed E-state index contributed by atoms with van der Waals surface area (Å²) in [6.45, 7) is 1.92. The Morgan fingerprint density at radius 3 is 2.50 bits per heavy atom. The summed E-state index contributed by atoms with van der Waals surface area (Å²) in [6.07, 6.45) is 1.11. The molecule has 92 valence electrons. The van der Waals surface area contributed by atoms with Gasteiger partial charge in [-0.05, 0) is 31.3 Å². The molecule has 0 unspecified atom stereocenters. The molecule has 0 radical (unpaired) electrons. The van der Waals surface area contributed by atoms with Crippen molar-refractivity contribution >= 4 is 18.2 Å². The van der Waals surface area contributed by atoms with Gasteiger partial charge in [0.2, 0.25) is 0 Å². The van der Waals surface area contributed by atoms with Gasteiger partial charge in [0, 0.05) is 6.20 Å². The Labute approximate surface area is 107 Å². The van der Waals surface area contributed by atoms with Crippen LogP contribution in [-0.2, 0) is 0 Å². The predicted molar refractivity (Wildman–Crippen MR) is 68.9 cm³/mol. The highest BCUT2D eigenvalue weighted by molar-refractivity contribution is 7.71. The number of hydrogen-bond donors (Lipinski definition) is 2. The number of nitrogens with one attached hydrogen (secondary N) is 1. The average molecular weight is 262 g/mol. The van der Waals surface area contributed by atoms with Gasteiger partial charge in [-0.1, -0.05) is 17.7 Å². The monoisotopic (exact) mass is 262 g/mol. The highest BCUT2D eigenvalue weighted by Gasteiger charge is 2.12. The maximum atomic E-state index is 12.0. The van der Waals surface area contributed by atoms with Crippen molar-refractivity contribution in [1.29, 1.82) is 0 Å². The molecule has 0 aliphatic heterocycles. The number of rotatable bonds is 2. The Kier molecular flexibility index (Phi) is 3.12. The first-order valence-corrected chi connectivity index (χ1v) is 5.56. The molecule has 18 heavy (non-hydrogen) atoms. The normalized spacial score (nSPS) is 10.3. The molecule has 1 aromatic heterocycles. The predicted octanol–water partition coefficient (Wildman–Crippen LogP) is 1.90. The first-order chi connectivity index (χ1) is 8.50. The van der Waals surface area contributed by atoms with E-state index in [1.54, 1.807) is 12.1 Å². The minimum atomic E-state index is -1.29. The number of aromatic amines is 1. The van der Waals surface area contributed by atoms with Crippen molar-refractivity contribution in [2.45, 2.75) is 6.92 Å². The van der Waals surface area contributed by atoms with Crippen molar-refractivity contribution in [2.75, 3.05) is 0 Å². The molecule has 0 bridgehead atoms. The molecule has 0 saturated heterocycles. The molecule has 2 N–H and O–H groups in total. The van der Waals surface area contributed by atoms with E-state index in [1.165, 1.54) is 0 Å². The topological polar surface area (TPSA) is 75.1 Å². The molecule has 6 heteroatoms. The quantitative estimate of drug-likeness (QED) is 0.810. The molecule has 0 aliphatic rings. The third kappa shape index (κ3) is 2.10. The van der Waals surface area contributed by atoms with Gasteiger partial charge in [-0.3, -0.25) is 9.36 Å². The molecule has 5 nitrogen and oxygen atoms in total. The molecule has 0 aliphatic carbocycles. The zero-order valence-electron chi connectivity index (χ0n) is 9.51. The van der Waals surface area contributed by atoms with Crippen molar-refractivity contribution in [3.8, 4) is 5.69 Å². The van der Waals surface area contributed by atoms with Crippen LogP contribution >= 0.6 is 12.2 Å². The van der Waals surface area contributed by atoms with E-state index in [0.29, 0.717) is 5.69 Å². The summed E-state index contributed by atoms with van der Waals surface area (Å²) in [6, 6.07) is 7.08. The van der Waals surface area contributed by atoms with E-state index in [0.717, 1.165) is 16.3 Å². The van der Waals surface area contributed by atoms with E-state index in [9.17, 15) is 9.59 Å². The van der Waals surface area contributed by atoms with Gasteiger partial charge in [-0.25, -0.2) is 4.79 Å². The van der Waals surface area contributed by atoms with Crippen molar-refractivity contribution < 1.29 is 9.90 Å². The van der Waals surface area contributed by atoms with Gasteiger partial charge in [-0.2, -0.15) is 0 Å². The van der Waals surface area contributed by atoms with Crippen LogP contribution in [-0.4, -0.2) is 20.6 Å². The van der Waals surface area contributed by atoms with Gasteiger partial charge in [-0.15, -0.1) is 0 Å². The summed E-state index contributed by atoms with van der Waals surface area (Å²) < 4.78 is 1.33. The van der Waals surface area contributed by atoms with Gasteiger partial charge in [0.1, 0.15) is 5.56 Å². The van der Waals surface area contributed by atoms with Crippen molar-refractivity contribution in [3.05, 3.63) is 56.7 Å². The molecule has 1 heterocycles. The van der Waals surface area contributed by atoms with Crippen LogP contribution in [0.5, 0.6) is 0 Å². The lowest BCUT2D eigenvalue weighted by molar-refractivity contribution is 0.0694. The minimum absolute atomic E-state index is 0.161. The SMILES string of the molecule is Cc1ccc(-n2c(=S)[nH]cc(C(=O)O)c2=O)cc1. The summed E-state index contributed by atoms with van der Waals surface area (Å²) in [5.74, 6) is -1.29. The van der Waals surface area contributed by atoms with E-state index >= 15 is 0 Å². The number of carbonyl (C=O) groups is 1. The van der Waals surface area contributed by atoms with Gasteiger partial charge in [0.25, 0.3) is 5.56 Å². The van der Waals surface area contributed by atoms with Gasteiger partial charge in [0.05, 0.1) is 5.69 Å². The van der Waals surface area contributed by atoms with E-state index in [4.69, 9.17) is 17.3 Å².